The summed E-state index contributed by atoms with van der Waals surface area (Å²) in [5.41, 5.74) is 9.49. The van der Waals surface area contributed by atoms with Crippen LogP contribution in [0, 0.1) is 33.5 Å². The van der Waals surface area contributed by atoms with Crippen molar-refractivity contribution >= 4 is 11.3 Å². The summed E-state index contributed by atoms with van der Waals surface area (Å²) in [5, 5.41) is 0.961. The molecule has 0 bridgehead atoms. The third kappa shape index (κ3) is 2.31. The van der Waals surface area contributed by atoms with Crippen LogP contribution in [0.4, 0.5) is 4.39 Å². The van der Waals surface area contributed by atoms with Crippen LogP contribution in [0.1, 0.15) is 38.3 Å². The van der Waals surface area contributed by atoms with Crippen molar-refractivity contribution < 1.29 is 4.39 Å². The lowest BCUT2D eigenvalue weighted by atomic mass is 9.97. The lowest BCUT2D eigenvalue weighted by molar-refractivity contribution is 0.597. The Morgan fingerprint density at radius 3 is 2.39 bits per heavy atom. The first-order chi connectivity index (χ1) is 8.40. The fourth-order valence-electron chi connectivity index (χ4n) is 2.29. The zero-order valence-corrected chi connectivity index (χ0v) is 11.9. The molecule has 2 nitrogen and oxygen atoms in total. The predicted octanol–water partition coefficient (Wildman–Crippen LogP) is 3.56. The normalized spacial score (nSPS) is 12.8. The van der Waals surface area contributed by atoms with E-state index >= 15 is 0 Å². The number of hydrogen-bond donors (Lipinski definition) is 1. The molecule has 0 aliphatic rings. The third-order valence-electron chi connectivity index (χ3n) is 3.01. The molecular formula is C14H17FN2S. The van der Waals surface area contributed by atoms with Crippen molar-refractivity contribution in [3.05, 3.63) is 50.2 Å². The summed E-state index contributed by atoms with van der Waals surface area (Å²) in [6.45, 7) is 7.63. The average Bonchev–Trinajstić information content (AvgIpc) is 2.56. The molecule has 18 heavy (non-hydrogen) atoms. The van der Waals surface area contributed by atoms with Gasteiger partial charge in [0.2, 0.25) is 0 Å². The van der Waals surface area contributed by atoms with Gasteiger partial charge in [-0.15, -0.1) is 11.3 Å². The van der Waals surface area contributed by atoms with Gasteiger partial charge in [-0.2, -0.15) is 0 Å². The average molecular weight is 264 g/mol. The molecule has 0 spiro atoms. The van der Waals surface area contributed by atoms with E-state index < -0.39 is 6.04 Å². The molecule has 2 aromatic rings. The van der Waals surface area contributed by atoms with E-state index in [1.54, 1.807) is 0 Å². The minimum Gasteiger partial charge on any atom is -0.319 e. The molecule has 1 unspecified atom stereocenters. The molecule has 1 heterocycles. The highest BCUT2D eigenvalue weighted by Gasteiger charge is 2.20. The summed E-state index contributed by atoms with van der Waals surface area (Å²) in [4.78, 5) is 5.29. The Morgan fingerprint density at radius 2 is 1.89 bits per heavy atom. The lowest BCUT2D eigenvalue weighted by Crippen LogP contribution is -2.15. The van der Waals surface area contributed by atoms with Crippen LogP contribution in [0.25, 0.3) is 0 Å². The highest BCUT2D eigenvalue weighted by Crippen LogP contribution is 2.31. The molecule has 1 aromatic heterocycles. The van der Waals surface area contributed by atoms with Gasteiger partial charge in [-0.3, -0.25) is 0 Å². The van der Waals surface area contributed by atoms with Crippen molar-refractivity contribution in [2.75, 3.05) is 0 Å². The van der Waals surface area contributed by atoms with Gasteiger partial charge in [0.05, 0.1) is 16.7 Å². The molecule has 0 fully saturated rings. The largest absolute Gasteiger partial charge is 0.319 e. The summed E-state index contributed by atoms with van der Waals surface area (Å²) < 4.78 is 14.1. The SMILES string of the molecule is Cc1cc(C)c(C(N)c2sc(C)nc2C)c(F)c1. The second kappa shape index (κ2) is 4.78. The molecule has 96 valence electrons. The molecule has 2 N–H and O–H groups in total. The van der Waals surface area contributed by atoms with Gasteiger partial charge in [-0.25, -0.2) is 9.37 Å². The Hall–Kier alpha value is -1.26. The summed E-state index contributed by atoms with van der Waals surface area (Å²) in [6, 6.07) is 3.06. The molecule has 1 aromatic carbocycles. The monoisotopic (exact) mass is 264 g/mol. The van der Waals surface area contributed by atoms with Crippen LogP contribution in [0.5, 0.6) is 0 Å². The number of aromatic nitrogens is 1. The molecule has 0 amide bonds. The molecule has 4 heteroatoms. The Kier molecular flexibility index (Phi) is 3.50. The minimum atomic E-state index is -0.434. The van der Waals surface area contributed by atoms with Crippen molar-refractivity contribution in [2.24, 2.45) is 5.73 Å². The fraction of sp³-hybridized carbons (Fsp3) is 0.357. The second-order valence-electron chi connectivity index (χ2n) is 4.64. The minimum absolute atomic E-state index is 0.231. The number of nitrogens with two attached hydrogens (primary N) is 1. The third-order valence-corrected chi connectivity index (χ3v) is 4.17. The lowest BCUT2D eigenvalue weighted by Gasteiger charge is -2.15. The highest BCUT2D eigenvalue weighted by atomic mass is 32.1. The molecule has 2 rings (SSSR count). The number of rotatable bonds is 2. The maximum atomic E-state index is 14.1. The quantitative estimate of drug-likeness (QED) is 0.900. The van der Waals surface area contributed by atoms with E-state index in [1.165, 1.54) is 17.4 Å². The predicted molar refractivity (Wildman–Crippen MR) is 73.5 cm³/mol. The van der Waals surface area contributed by atoms with E-state index in [-0.39, 0.29) is 5.82 Å². The Bertz CT molecular complexity index is 566. The van der Waals surface area contributed by atoms with Crippen molar-refractivity contribution in [3.63, 3.8) is 0 Å². The molecule has 0 aliphatic carbocycles. The van der Waals surface area contributed by atoms with Crippen LogP contribution in [0.3, 0.4) is 0 Å². The first-order valence-corrected chi connectivity index (χ1v) is 6.68. The van der Waals surface area contributed by atoms with Crippen LogP contribution in [-0.4, -0.2) is 4.98 Å². The van der Waals surface area contributed by atoms with E-state index in [4.69, 9.17) is 5.73 Å². The highest BCUT2D eigenvalue weighted by molar-refractivity contribution is 7.11. The van der Waals surface area contributed by atoms with Crippen molar-refractivity contribution in [2.45, 2.75) is 33.7 Å². The fourth-order valence-corrected chi connectivity index (χ4v) is 3.23. The van der Waals surface area contributed by atoms with Gasteiger partial charge >= 0.3 is 0 Å². The van der Waals surface area contributed by atoms with E-state index in [0.717, 1.165) is 26.7 Å². The van der Waals surface area contributed by atoms with Crippen LogP contribution in [-0.2, 0) is 0 Å². The number of nitrogens with zero attached hydrogens (tertiary/aromatic N) is 1. The number of halogens is 1. The zero-order chi connectivity index (χ0) is 13.4. The van der Waals surface area contributed by atoms with Crippen LogP contribution in [0.15, 0.2) is 12.1 Å². The van der Waals surface area contributed by atoms with Crippen molar-refractivity contribution in [3.8, 4) is 0 Å². The van der Waals surface area contributed by atoms with Crippen LogP contribution in [0.2, 0.25) is 0 Å². The molecule has 0 saturated carbocycles. The first-order valence-electron chi connectivity index (χ1n) is 5.86. The Labute approximate surface area is 111 Å². The smallest absolute Gasteiger partial charge is 0.128 e. The molecular weight excluding hydrogens is 247 g/mol. The molecule has 1 atom stereocenters. The van der Waals surface area contributed by atoms with Gasteiger partial charge in [0.25, 0.3) is 0 Å². The summed E-state index contributed by atoms with van der Waals surface area (Å²) in [6.07, 6.45) is 0. The summed E-state index contributed by atoms with van der Waals surface area (Å²) in [7, 11) is 0. The van der Waals surface area contributed by atoms with Gasteiger partial charge in [0.15, 0.2) is 0 Å². The van der Waals surface area contributed by atoms with Gasteiger partial charge in [0, 0.05) is 10.4 Å². The van der Waals surface area contributed by atoms with E-state index in [1.807, 2.05) is 33.8 Å². The van der Waals surface area contributed by atoms with Gasteiger partial charge in [0.1, 0.15) is 5.82 Å². The van der Waals surface area contributed by atoms with Crippen molar-refractivity contribution in [1.29, 1.82) is 0 Å². The van der Waals surface area contributed by atoms with Gasteiger partial charge < -0.3 is 5.73 Å². The van der Waals surface area contributed by atoms with Crippen LogP contribution < -0.4 is 5.73 Å². The van der Waals surface area contributed by atoms with Crippen molar-refractivity contribution in [1.82, 2.24) is 4.98 Å². The Balaban J connectivity index is 2.52. The molecule has 0 aliphatic heterocycles. The van der Waals surface area contributed by atoms with Gasteiger partial charge in [-0.05, 0) is 44.9 Å². The molecule has 0 radical (unpaired) electrons. The molecule has 0 saturated heterocycles. The van der Waals surface area contributed by atoms with Crippen LogP contribution >= 0.6 is 11.3 Å². The maximum Gasteiger partial charge on any atom is 0.128 e. The van der Waals surface area contributed by atoms with E-state index in [0.29, 0.717) is 5.56 Å². The van der Waals surface area contributed by atoms with E-state index in [2.05, 4.69) is 4.98 Å². The number of hydrogen-bond acceptors (Lipinski definition) is 3. The second-order valence-corrected chi connectivity index (χ2v) is 5.87. The zero-order valence-electron chi connectivity index (χ0n) is 11.0. The number of thiazole rings is 1. The van der Waals surface area contributed by atoms with Gasteiger partial charge in [-0.1, -0.05) is 6.07 Å². The maximum absolute atomic E-state index is 14.1. The topological polar surface area (TPSA) is 38.9 Å². The number of aryl methyl sites for hydroxylation is 4. The Morgan fingerprint density at radius 1 is 1.22 bits per heavy atom. The van der Waals surface area contributed by atoms with E-state index in [9.17, 15) is 4.39 Å². The first kappa shape index (κ1) is 13.2. The standard InChI is InChI=1S/C14H17FN2S/c1-7-5-8(2)12(11(15)6-7)13(16)14-9(3)17-10(4)18-14/h5-6,13H,16H2,1-4H3. The summed E-state index contributed by atoms with van der Waals surface area (Å²) in [5.74, 6) is -0.231. The summed E-state index contributed by atoms with van der Waals surface area (Å²) >= 11 is 1.54. The number of benzene rings is 1.